The van der Waals surface area contributed by atoms with Crippen molar-refractivity contribution in [2.75, 3.05) is 0 Å². The van der Waals surface area contributed by atoms with E-state index in [1.807, 2.05) is 0 Å². The first-order valence-electron chi connectivity index (χ1n) is 11.1. The van der Waals surface area contributed by atoms with Crippen molar-refractivity contribution in [1.82, 2.24) is 0 Å². The van der Waals surface area contributed by atoms with E-state index >= 15 is 26.3 Å². The lowest BCUT2D eigenvalue weighted by molar-refractivity contribution is 0.0952. The van der Waals surface area contributed by atoms with E-state index in [1.165, 1.54) is 0 Å². The van der Waals surface area contributed by atoms with E-state index in [9.17, 15) is 26.3 Å². The highest BCUT2D eigenvalue weighted by atomic mass is 19.2. The van der Waals surface area contributed by atoms with Crippen molar-refractivity contribution < 1.29 is 52.7 Å². The quantitative estimate of drug-likeness (QED) is 0.244. The molecule has 0 aromatic carbocycles. The van der Waals surface area contributed by atoms with Gasteiger partial charge in [-0.3, -0.25) is 0 Å². The summed E-state index contributed by atoms with van der Waals surface area (Å²) < 4.78 is 183. The third kappa shape index (κ3) is 3.40. The van der Waals surface area contributed by atoms with Crippen LogP contribution in [-0.2, 0) is 0 Å². The van der Waals surface area contributed by atoms with Gasteiger partial charge in [0.2, 0.25) is 0 Å². The standard InChI is InChI=1S/C24H21BF12/c1-7-10(4)22(35,19(32)16(29)13(7)26)25(23(36)11(5)8(2)14(27)17(30)20(23)33)24(37)12(6)9(3)15(28)18(31)21(24)34/h10-12H,1-6H3. The van der Waals surface area contributed by atoms with E-state index in [-0.39, 0.29) is 0 Å². The maximum Gasteiger partial charge on any atom is 0.304 e. The zero-order valence-corrected chi connectivity index (χ0v) is 20.3. The van der Waals surface area contributed by atoms with Crippen molar-refractivity contribution in [2.24, 2.45) is 17.8 Å². The summed E-state index contributed by atoms with van der Waals surface area (Å²) in [5, 5.41) is 0. The first-order chi connectivity index (χ1) is 16.8. The van der Waals surface area contributed by atoms with E-state index in [4.69, 9.17) is 0 Å². The summed E-state index contributed by atoms with van der Waals surface area (Å²) in [6.45, 7) is -0.0346. The van der Waals surface area contributed by atoms with Crippen molar-refractivity contribution in [3.05, 3.63) is 69.2 Å². The molecule has 0 amide bonds. The molecule has 3 rings (SSSR count). The predicted molar refractivity (Wildman–Crippen MR) is 114 cm³/mol. The Morgan fingerprint density at radius 2 is 0.622 bits per heavy atom. The first-order valence-corrected chi connectivity index (χ1v) is 11.1. The Morgan fingerprint density at radius 3 is 0.811 bits per heavy atom. The Balaban J connectivity index is 2.57. The van der Waals surface area contributed by atoms with E-state index in [0.717, 1.165) is 0 Å². The summed E-state index contributed by atoms with van der Waals surface area (Å²) in [6, 6.07) is 0. The molecule has 0 nitrogen and oxygen atoms in total. The normalized spacial score (nSPS) is 37.9. The lowest BCUT2D eigenvalue weighted by atomic mass is 9.18. The number of allylic oxidation sites excluding steroid dienone is 12. The Bertz CT molecular complexity index is 1100. The van der Waals surface area contributed by atoms with Crippen molar-refractivity contribution >= 4 is 6.71 Å². The van der Waals surface area contributed by atoms with Gasteiger partial charge in [-0.1, -0.05) is 20.8 Å². The number of alkyl halides is 3. The van der Waals surface area contributed by atoms with Gasteiger partial charge in [0.05, 0.1) is 0 Å². The minimum atomic E-state index is -4.56. The number of halogens is 12. The summed E-state index contributed by atoms with van der Waals surface area (Å²) in [6.07, 6.45) is 0. The maximum atomic E-state index is 17.0. The smallest absolute Gasteiger partial charge is 0.245 e. The minimum absolute atomic E-state index is 0.601. The monoisotopic (exact) mass is 548 g/mol. The van der Waals surface area contributed by atoms with Gasteiger partial charge >= 0.3 is 6.71 Å². The molecule has 6 unspecified atom stereocenters. The highest BCUT2D eigenvalue weighted by Gasteiger charge is 2.78. The summed E-state index contributed by atoms with van der Waals surface area (Å²) in [5.41, 5.74) is -16.7. The number of hydrogen-bond donors (Lipinski definition) is 0. The molecule has 3 aliphatic carbocycles. The molecule has 204 valence electrons. The molecular weight excluding hydrogens is 527 g/mol. The fourth-order valence-electron chi connectivity index (χ4n) is 5.45. The van der Waals surface area contributed by atoms with Gasteiger partial charge in [-0.25, -0.2) is 52.7 Å². The van der Waals surface area contributed by atoms with Crippen LogP contribution in [0.3, 0.4) is 0 Å². The van der Waals surface area contributed by atoms with Crippen LogP contribution in [0.15, 0.2) is 69.2 Å². The van der Waals surface area contributed by atoms with E-state index in [1.54, 1.807) is 0 Å². The van der Waals surface area contributed by atoms with Gasteiger partial charge < -0.3 is 0 Å². The molecule has 0 aliphatic heterocycles. The van der Waals surface area contributed by atoms with Crippen LogP contribution < -0.4 is 0 Å². The predicted octanol–water partition coefficient (Wildman–Crippen LogP) is 9.36. The molecule has 0 spiro atoms. The fourth-order valence-corrected chi connectivity index (χ4v) is 5.45. The molecule has 0 fully saturated rings. The van der Waals surface area contributed by atoms with Crippen LogP contribution in [0, 0.1) is 17.8 Å². The maximum absolute atomic E-state index is 17.0. The van der Waals surface area contributed by atoms with Gasteiger partial charge in [0.25, 0.3) is 0 Å². The molecule has 37 heavy (non-hydrogen) atoms. The Morgan fingerprint density at radius 1 is 0.432 bits per heavy atom. The van der Waals surface area contributed by atoms with Gasteiger partial charge in [0, 0.05) is 17.8 Å². The van der Waals surface area contributed by atoms with Crippen molar-refractivity contribution in [3.8, 4) is 0 Å². The van der Waals surface area contributed by atoms with Crippen LogP contribution >= 0.6 is 0 Å². The third-order valence-electron chi connectivity index (χ3n) is 8.30. The van der Waals surface area contributed by atoms with Crippen LogP contribution in [-0.4, -0.2) is 23.4 Å². The SMILES string of the molecule is CC1=C(F)C(F)=C(F)C(F)(B(C2(F)C(F)=C(F)C(F)=C(C)C2C)C2(F)C(F)=C(F)C(F)=C(C)C2C)C1C. The zero-order chi connectivity index (χ0) is 28.7. The average Bonchev–Trinajstić information content (AvgIpc) is 2.88. The van der Waals surface area contributed by atoms with Gasteiger partial charge in [0.1, 0.15) is 0 Å². The lowest BCUT2D eigenvalue weighted by Gasteiger charge is -2.52. The van der Waals surface area contributed by atoms with Crippen LogP contribution in [0.25, 0.3) is 0 Å². The molecule has 6 atom stereocenters. The lowest BCUT2D eigenvalue weighted by Crippen LogP contribution is -2.74. The summed E-state index contributed by atoms with van der Waals surface area (Å²) in [5.74, 6) is -29.5. The zero-order valence-electron chi connectivity index (χ0n) is 20.3. The summed E-state index contributed by atoms with van der Waals surface area (Å²) in [4.78, 5) is 0. The van der Waals surface area contributed by atoms with Gasteiger partial charge in [-0.2, -0.15) is 0 Å². The highest BCUT2D eigenvalue weighted by molar-refractivity contribution is 6.71. The molecular formula is C24H21BF12. The van der Waals surface area contributed by atoms with Crippen LogP contribution in [0.2, 0.25) is 0 Å². The number of rotatable bonds is 3. The topological polar surface area (TPSA) is 0 Å². The molecule has 0 heterocycles. The second-order valence-corrected chi connectivity index (χ2v) is 9.78. The molecule has 0 saturated carbocycles. The Hall–Kier alpha value is -2.34. The van der Waals surface area contributed by atoms with Crippen molar-refractivity contribution in [1.29, 1.82) is 0 Å². The molecule has 0 saturated heterocycles. The van der Waals surface area contributed by atoms with E-state index in [2.05, 4.69) is 0 Å². The molecule has 0 aromatic heterocycles. The first kappa shape index (κ1) is 29.2. The van der Waals surface area contributed by atoms with Crippen LogP contribution in [0.1, 0.15) is 41.5 Å². The molecule has 0 aromatic rings. The van der Waals surface area contributed by atoms with Gasteiger partial charge in [0.15, 0.2) is 69.1 Å². The van der Waals surface area contributed by atoms with Gasteiger partial charge in [-0.15, -0.1) is 0 Å². The molecule has 3 aliphatic rings. The summed E-state index contributed by atoms with van der Waals surface area (Å²) in [7, 11) is 0. The molecule has 13 heteroatoms. The summed E-state index contributed by atoms with van der Waals surface area (Å²) >= 11 is 0. The second kappa shape index (κ2) is 8.86. The molecule has 0 bridgehead atoms. The molecule has 0 N–H and O–H groups in total. The fraction of sp³-hybridized carbons (Fsp3) is 0.500. The van der Waals surface area contributed by atoms with Crippen LogP contribution in [0.5, 0.6) is 0 Å². The van der Waals surface area contributed by atoms with Gasteiger partial charge in [-0.05, 0) is 37.5 Å². The largest absolute Gasteiger partial charge is 0.304 e. The van der Waals surface area contributed by atoms with Crippen molar-refractivity contribution in [2.45, 2.75) is 58.2 Å². The second-order valence-electron chi connectivity index (χ2n) is 9.78. The molecule has 0 radical (unpaired) electrons. The Kier molecular flexibility index (Phi) is 7.00. The van der Waals surface area contributed by atoms with Crippen molar-refractivity contribution in [3.63, 3.8) is 0 Å². The minimum Gasteiger partial charge on any atom is -0.245 e. The van der Waals surface area contributed by atoms with E-state index in [0.29, 0.717) is 41.5 Å². The van der Waals surface area contributed by atoms with E-state index < -0.39 is 110 Å². The highest BCUT2D eigenvalue weighted by Crippen LogP contribution is 2.62. The third-order valence-corrected chi connectivity index (χ3v) is 8.30. The number of hydrogen-bond acceptors (Lipinski definition) is 0. The Labute approximate surface area is 205 Å². The average molecular weight is 548 g/mol. The van der Waals surface area contributed by atoms with Crippen LogP contribution in [0.4, 0.5) is 52.7 Å².